The van der Waals surface area contributed by atoms with E-state index in [2.05, 4.69) is 4.52 Å². The molecule has 0 aromatic rings. The lowest BCUT2D eigenvalue weighted by atomic mass is 9.44. The molecule has 3 fully saturated rings. The van der Waals surface area contributed by atoms with Crippen LogP contribution in [0.25, 0.3) is 0 Å². The Labute approximate surface area is 185 Å². The molecular formula is C22H30FO8P. The first-order valence-electron chi connectivity index (χ1n) is 10.9. The van der Waals surface area contributed by atoms with E-state index < -0.39 is 66.2 Å². The fraction of sp³-hybridized carbons (Fsp3) is 0.727. The summed E-state index contributed by atoms with van der Waals surface area (Å²) >= 11 is 0. The molecule has 4 N–H and O–H groups in total. The van der Waals surface area contributed by atoms with E-state index in [1.807, 2.05) is 0 Å². The normalized spacial score (nSPS) is 48.0. The highest BCUT2D eigenvalue weighted by Gasteiger charge is 2.75. The van der Waals surface area contributed by atoms with Gasteiger partial charge in [0, 0.05) is 16.7 Å². The van der Waals surface area contributed by atoms with E-state index in [0.717, 1.165) is 0 Å². The Morgan fingerprint density at radius 2 is 1.97 bits per heavy atom. The second-order valence-corrected chi connectivity index (χ2v) is 11.6. The Kier molecular flexibility index (Phi) is 5.34. The third-order valence-corrected chi connectivity index (χ3v) is 9.48. The van der Waals surface area contributed by atoms with Gasteiger partial charge >= 0.3 is 7.82 Å². The summed E-state index contributed by atoms with van der Waals surface area (Å²) < 4.78 is 32.5. The van der Waals surface area contributed by atoms with E-state index in [1.54, 1.807) is 20.8 Å². The van der Waals surface area contributed by atoms with Crippen molar-refractivity contribution in [2.75, 3.05) is 6.61 Å². The minimum absolute atomic E-state index is 0.211. The van der Waals surface area contributed by atoms with Gasteiger partial charge in [-0.2, -0.15) is 0 Å². The van der Waals surface area contributed by atoms with Crippen molar-refractivity contribution in [2.45, 2.75) is 63.8 Å². The van der Waals surface area contributed by atoms with E-state index in [1.165, 1.54) is 18.2 Å². The zero-order valence-electron chi connectivity index (χ0n) is 18.3. The van der Waals surface area contributed by atoms with Crippen molar-refractivity contribution >= 4 is 19.4 Å². The summed E-state index contributed by atoms with van der Waals surface area (Å²) in [5.41, 5.74) is -5.88. The fourth-order valence-corrected chi connectivity index (χ4v) is 7.68. The van der Waals surface area contributed by atoms with E-state index >= 15 is 4.39 Å². The molecule has 0 radical (unpaired) electrons. The Morgan fingerprint density at radius 1 is 1.31 bits per heavy atom. The molecule has 4 aliphatic rings. The highest BCUT2D eigenvalue weighted by atomic mass is 31.2. The van der Waals surface area contributed by atoms with Gasteiger partial charge in [0.2, 0.25) is 0 Å². The van der Waals surface area contributed by atoms with Crippen LogP contribution in [0.2, 0.25) is 0 Å². The molecule has 8 atom stereocenters. The molecule has 4 rings (SSSR count). The van der Waals surface area contributed by atoms with Gasteiger partial charge < -0.3 is 20.0 Å². The molecular weight excluding hydrogens is 442 g/mol. The fourth-order valence-electron chi connectivity index (χ4n) is 7.39. The molecule has 0 aromatic carbocycles. The van der Waals surface area contributed by atoms with Crippen LogP contribution in [0.1, 0.15) is 46.5 Å². The molecule has 32 heavy (non-hydrogen) atoms. The molecule has 0 spiro atoms. The van der Waals surface area contributed by atoms with Crippen LogP contribution in [0.15, 0.2) is 23.8 Å². The minimum atomic E-state index is -4.93. The van der Waals surface area contributed by atoms with Crippen molar-refractivity contribution in [2.24, 2.45) is 28.6 Å². The average Bonchev–Trinajstić information content (AvgIpc) is 2.89. The number of aliphatic hydroxyl groups excluding tert-OH is 1. The highest BCUT2D eigenvalue weighted by molar-refractivity contribution is 7.46. The SMILES string of the molecule is CC1CC2C3CCC4=CC(=O)C=CC4(C)C3(F)C(O)CC2(C)C1(O)C(=O)COP(=O)(O)O. The molecule has 0 saturated heterocycles. The van der Waals surface area contributed by atoms with Gasteiger partial charge in [-0.1, -0.05) is 25.5 Å². The van der Waals surface area contributed by atoms with Crippen molar-refractivity contribution < 1.29 is 43.1 Å². The third-order valence-electron chi connectivity index (χ3n) is 9.01. The van der Waals surface area contributed by atoms with Gasteiger partial charge in [-0.25, -0.2) is 8.96 Å². The Morgan fingerprint density at radius 3 is 2.59 bits per heavy atom. The highest BCUT2D eigenvalue weighted by Crippen LogP contribution is 2.70. The zero-order chi connectivity index (χ0) is 23.9. The number of aliphatic hydroxyl groups is 2. The smallest absolute Gasteiger partial charge is 0.390 e. The van der Waals surface area contributed by atoms with Gasteiger partial charge in [0.25, 0.3) is 0 Å². The summed E-state index contributed by atoms with van der Waals surface area (Å²) in [6, 6.07) is 0. The summed E-state index contributed by atoms with van der Waals surface area (Å²) in [5.74, 6) is -2.87. The molecule has 4 aliphatic carbocycles. The predicted molar refractivity (Wildman–Crippen MR) is 111 cm³/mol. The van der Waals surface area contributed by atoms with Crippen LogP contribution in [0.4, 0.5) is 4.39 Å². The second kappa shape index (κ2) is 7.14. The van der Waals surface area contributed by atoms with E-state index in [-0.39, 0.29) is 12.2 Å². The number of carbonyl (C=O) groups is 2. The van der Waals surface area contributed by atoms with Gasteiger partial charge in [0.15, 0.2) is 17.2 Å². The lowest BCUT2D eigenvalue weighted by molar-refractivity contribution is -0.219. The number of hydrogen-bond donors (Lipinski definition) is 4. The van der Waals surface area contributed by atoms with Crippen LogP contribution in [-0.2, 0) is 18.7 Å². The van der Waals surface area contributed by atoms with Gasteiger partial charge in [0.05, 0.1) is 6.10 Å². The summed E-state index contributed by atoms with van der Waals surface area (Å²) in [6.07, 6.45) is 3.70. The summed E-state index contributed by atoms with van der Waals surface area (Å²) in [6.45, 7) is 4.00. The number of hydrogen-bond acceptors (Lipinski definition) is 6. The molecule has 8 unspecified atom stereocenters. The van der Waals surface area contributed by atoms with Crippen LogP contribution in [-0.4, -0.2) is 55.5 Å². The van der Waals surface area contributed by atoms with Crippen LogP contribution in [0, 0.1) is 28.6 Å². The first-order valence-corrected chi connectivity index (χ1v) is 12.4. The summed E-state index contributed by atoms with van der Waals surface area (Å²) in [5, 5.41) is 22.8. The van der Waals surface area contributed by atoms with E-state index in [4.69, 9.17) is 9.79 Å². The van der Waals surface area contributed by atoms with Crippen molar-refractivity contribution in [3.63, 3.8) is 0 Å². The van der Waals surface area contributed by atoms with Gasteiger partial charge in [-0.05, 0) is 56.6 Å². The Hall–Kier alpha value is -1.22. The molecule has 0 aliphatic heterocycles. The number of alkyl halides is 1. The maximum absolute atomic E-state index is 17.0. The molecule has 0 aromatic heterocycles. The van der Waals surface area contributed by atoms with Gasteiger partial charge in [-0.3, -0.25) is 14.1 Å². The van der Waals surface area contributed by atoms with Crippen LogP contribution >= 0.6 is 7.82 Å². The summed E-state index contributed by atoms with van der Waals surface area (Å²) in [4.78, 5) is 42.8. The standard InChI is InChI=1S/C22H30FO8P/c1-12-8-16-15-5-4-13-9-14(24)6-7-19(13,2)21(15,23)17(25)10-20(16,3)22(12,27)18(26)11-31-32(28,29)30/h6-7,9,12,15-17,25,27H,4-5,8,10-11H2,1-3H3,(H2,28,29,30). The van der Waals surface area contributed by atoms with Crippen molar-refractivity contribution in [1.29, 1.82) is 0 Å². The molecule has 8 nitrogen and oxygen atoms in total. The van der Waals surface area contributed by atoms with Gasteiger partial charge in [-0.15, -0.1) is 0 Å². The average molecular weight is 472 g/mol. The number of phosphoric acid groups is 1. The maximum atomic E-state index is 17.0. The number of rotatable bonds is 4. The monoisotopic (exact) mass is 472 g/mol. The lowest BCUT2D eigenvalue weighted by Crippen LogP contribution is -2.69. The summed E-state index contributed by atoms with van der Waals surface area (Å²) in [7, 11) is -4.93. The van der Waals surface area contributed by atoms with Crippen LogP contribution in [0.3, 0.4) is 0 Å². The predicted octanol–water partition coefficient (Wildman–Crippen LogP) is 2.01. The van der Waals surface area contributed by atoms with Crippen molar-refractivity contribution in [3.8, 4) is 0 Å². The maximum Gasteiger partial charge on any atom is 0.470 e. The largest absolute Gasteiger partial charge is 0.470 e. The lowest BCUT2D eigenvalue weighted by Gasteiger charge is -2.62. The molecule has 0 heterocycles. The van der Waals surface area contributed by atoms with Crippen LogP contribution < -0.4 is 0 Å². The number of ketones is 2. The number of allylic oxidation sites excluding steroid dienone is 4. The zero-order valence-corrected chi connectivity index (χ0v) is 19.2. The molecule has 3 saturated carbocycles. The van der Waals surface area contributed by atoms with Crippen molar-refractivity contribution in [3.05, 3.63) is 23.8 Å². The number of Topliss-reactive ketones (excluding diaryl/α,β-unsaturated/α-hetero) is 1. The Bertz CT molecular complexity index is 973. The van der Waals surface area contributed by atoms with Crippen LogP contribution in [0.5, 0.6) is 0 Å². The quantitative estimate of drug-likeness (QED) is 0.456. The second-order valence-electron chi connectivity index (χ2n) is 10.4. The van der Waals surface area contributed by atoms with Gasteiger partial charge in [0.1, 0.15) is 12.2 Å². The first-order chi connectivity index (χ1) is 14.6. The number of phosphoric ester groups is 1. The Balaban J connectivity index is 1.74. The molecule has 10 heteroatoms. The van der Waals surface area contributed by atoms with Crippen molar-refractivity contribution in [1.82, 2.24) is 0 Å². The topological polar surface area (TPSA) is 141 Å². The number of fused-ring (bicyclic) bond motifs is 5. The molecule has 0 bridgehead atoms. The number of halogens is 1. The third kappa shape index (κ3) is 2.95. The first kappa shape index (κ1) is 23.9. The van der Waals surface area contributed by atoms with E-state index in [0.29, 0.717) is 24.8 Å². The molecule has 178 valence electrons. The molecule has 0 amide bonds. The van der Waals surface area contributed by atoms with E-state index in [9.17, 15) is 24.4 Å². The number of carbonyl (C=O) groups excluding carboxylic acids is 2. The minimum Gasteiger partial charge on any atom is -0.390 e.